The average molecular weight is 225 g/mol. The van der Waals surface area contributed by atoms with E-state index in [1.54, 1.807) is 18.5 Å². The zero-order valence-electron chi connectivity index (χ0n) is 9.21. The van der Waals surface area contributed by atoms with Crippen LogP contribution in [0, 0.1) is 11.3 Å². The minimum Gasteiger partial charge on any atom is -0.486 e. The Morgan fingerprint density at radius 2 is 1.82 bits per heavy atom. The maximum atomic E-state index is 8.54. The van der Waals surface area contributed by atoms with Gasteiger partial charge in [-0.3, -0.25) is 0 Å². The summed E-state index contributed by atoms with van der Waals surface area (Å²) in [6, 6.07) is 11.3. The van der Waals surface area contributed by atoms with Crippen LogP contribution in [-0.2, 0) is 13.0 Å². The second-order valence-corrected chi connectivity index (χ2v) is 3.43. The van der Waals surface area contributed by atoms with Gasteiger partial charge in [0.15, 0.2) is 5.82 Å². The summed E-state index contributed by atoms with van der Waals surface area (Å²) >= 11 is 0. The fourth-order valence-electron chi connectivity index (χ4n) is 1.35. The minimum atomic E-state index is 0.346. The van der Waals surface area contributed by atoms with Crippen LogP contribution in [0.1, 0.15) is 11.4 Å². The van der Waals surface area contributed by atoms with E-state index in [1.165, 1.54) is 0 Å². The van der Waals surface area contributed by atoms with Gasteiger partial charge in [-0.05, 0) is 23.8 Å². The predicted molar refractivity (Wildman–Crippen MR) is 62.1 cm³/mol. The Hall–Kier alpha value is -2.41. The van der Waals surface area contributed by atoms with Crippen LogP contribution in [-0.4, -0.2) is 9.97 Å². The van der Waals surface area contributed by atoms with Gasteiger partial charge in [-0.25, -0.2) is 9.97 Å². The summed E-state index contributed by atoms with van der Waals surface area (Å²) in [7, 11) is 0. The van der Waals surface area contributed by atoms with Crippen molar-refractivity contribution >= 4 is 0 Å². The van der Waals surface area contributed by atoms with E-state index in [9.17, 15) is 0 Å². The maximum absolute atomic E-state index is 8.54. The highest BCUT2D eigenvalue weighted by molar-refractivity contribution is 5.28. The molecule has 0 radical (unpaired) electrons. The van der Waals surface area contributed by atoms with Gasteiger partial charge in [0.25, 0.3) is 0 Å². The van der Waals surface area contributed by atoms with E-state index in [0.717, 1.165) is 11.3 Å². The van der Waals surface area contributed by atoms with Crippen molar-refractivity contribution in [2.24, 2.45) is 0 Å². The zero-order chi connectivity index (χ0) is 11.9. The number of ether oxygens (including phenoxy) is 1. The maximum Gasteiger partial charge on any atom is 0.166 e. The van der Waals surface area contributed by atoms with Crippen LogP contribution < -0.4 is 4.74 Å². The minimum absolute atomic E-state index is 0.346. The van der Waals surface area contributed by atoms with E-state index in [0.29, 0.717) is 18.9 Å². The molecule has 4 nitrogen and oxygen atoms in total. The van der Waals surface area contributed by atoms with Crippen molar-refractivity contribution in [2.75, 3.05) is 0 Å². The first-order valence-corrected chi connectivity index (χ1v) is 5.23. The standard InChI is InChI=1S/C13H11N3O/c14-7-6-11-2-4-12(5-3-11)17-10-13-15-8-1-9-16-13/h1-5,8-9H,6,10H2. The molecule has 0 fully saturated rings. The fraction of sp³-hybridized carbons (Fsp3) is 0.154. The molecule has 0 N–H and O–H groups in total. The predicted octanol–water partition coefficient (Wildman–Crippen LogP) is 2.12. The molecule has 4 heteroatoms. The van der Waals surface area contributed by atoms with E-state index in [4.69, 9.17) is 10.00 Å². The molecule has 2 aromatic rings. The van der Waals surface area contributed by atoms with Crippen molar-refractivity contribution in [3.63, 3.8) is 0 Å². The molecule has 0 unspecified atom stereocenters. The molecule has 2 rings (SSSR count). The van der Waals surface area contributed by atoms with E-state index in [1.807, 2.05) is 24.3 Å². The Kier molecular flexibility index (Phi) is 3.66. The Labute approximate surface area is 99.5 Å². The molecule has 1 aromatic carbocycles. The third-order valence-electron chi connectivity index (χ3n) is 2.19. The Morgan fingerprint density at radius 3 is 2.47 bits per heavy atom. The number of aromatic nitrogens is 2. The summed E-state index contributed by atoms with van der Waals surface area (Å²) in [4.78, 5) is 8.12. The third-order valence-corrected chi connectivity index (χ3v) is 2.19. The Morgan fingerprint density at radius 1 is 1.12 bits per heavy atom. The van der Waals surface area contributed by atoms with Crippen molar-refractivity contribution in [3.05, 3.63) is 54.1 Å². The smallest absolute Gasteiger partial charge is 0.166 e. The van der Waals surface area contributed by atoms with Crippen LogP contribution in [0.2, 0.25) is 0 Å². The van der Waals surface area contributed by atoms with Gasteiger partial charge in [0.05, 0.1) is 12.5 Å². The molecule has 0 saturated carbocycles. The van der Waals surface area contributed by atoms with Crippen molar-refractivity contribution in [1.29, 1.82) is 5.26 Å². The molecule has 17 heavy (non-hydrogen) atoms. The molecule has 84 valence electrons. The summed E-state index contributed by atoms with van der Waals surface area (Å²) in [5, 5.41) is 8.54. The van der Waals surface area contributed by atoms with Crippen LogP contribution in [0.5, 0.6) is 5.75 Å². The van der Waals surface area contributed by atoms with Crippen molar-refractivity contribution < 1.29 is 4.74 Å². The molecule has 1 aromatic heterocycles. The molecule has 0 amide bonds. The van der Waals surface area contributed by atoms with Crippen molar-refractivity contribution in [2.45, 2.75) is 13.0 Å². The molecular formula is C13H11N3O. The highest BCUT2D eigenvalue weighted by Gasteiger charge is 1.98. The van der Waals surface area contributed by atoms with Crippen LogP contribution in [0.15, 0.2) is 42.7 Å². The van der Waals surface area contributed by atoms with E-state index in [2.05, 4.69) is 16.0 Å². The monoisotopic (exact) mass is 225 g/mol. The largest absolute Gasteiger partial charge is 0.486 e. The second kappa shape index (κ2) is 5.61. The van der Waals surface area contributed by atoms with Crippen LogP contribution in [0.3, 0.4) is 0 Å². The van der Waals surface area contributed by atoms with E-state index in [-0.39, 0.29) is 0 Å². The summed E-state index contributed by atoms with van der Waals surface area (Å²) < 4.78 is 5.52. The Bertz CT molecular complexity index is 502. The first kappa shape index (κ1) is 11.1. The molecule has 0 atom stereocenters. The molecule has 0 aliphatic carbocycles. The quantitative estimate of drug-likeness (QED) is 0.799. The lowest BCUT2D eigenvalue weighted by molar-refractivity contribution is 0.295. The van der Waals surface area contributed by atoms with Gasteiger partial charge in [0.1, 0.15) is 12.4 Å². The SMILES string of the molecule is N#CCc1ccc(OCc2ncccn2)cc1. The molecule has 0 spiro atoms. The van der Waals surface area contributed by atoms with Crippen LogP contribution in [0.25, 0.3) is 0 Å². The molecule has 1 heterocycles. The number of nitriles is 1. The van der Waals surface area contributed by atoms with Crippen LogP contribution >= 0.6 is 0 Å². The second-order valence-electron chi connectivity index (χ2n) is 3.43. The lowest BCUT2D eigenvalue weighted by atomic mass is 10.2. The molecule has 0 aliphatic heterocycles. The molecule has 0 saturated heterocycles. The zero-order valence-corrected chi connectivity index (χ0v) is 9.21. The third kappa shape index (κ3) is 3.28. The first-order chi connectivity index (χ1) is 8.38. The number of benzene rings is 1. The van der Waals surface area contributed by atoms with Gasteiger partial charge < -0.3 is 4.74 Å². The van der Waals surface area contributed by atoms with Crippen molar-refractivity contribution in [3.8, 4) is 11.8 Å². The lowest BCUT2D eigenvalue weighted by Crippen LogP contribution is -2.00. The molecular weight excluding hydrogens is 214 g/mol. The number of hydrogen-bond donors (Lipinski definition) is 0. The highest BCUT2D eigenvalue weighted by atomic mass is 16.5. The van der Waals surface area contributed by atoms with Gasteiger partial charge in [-0.15, -0.1) is 0 Å². The number of nitrogens with zero attached hydrogens (tertiary/aromatic N) is 3. The van der Waals surface area contributed by atoms with Gasteiger partial charge in [-0.2, -0.15) is 5.26 Å². The number of hydrogen-bond acceptors (Lipinski definition) is 4. The van der Waals surface area contributed by atoms with Gasteiger partial charge >= 0.3 is 0 Å². The summed E-state index contributed by atoms with van der Waals surface area (Å²) in [5.74, 6) is 1.40. The van der Waals surface area contributed by atoms with Crippen LogP contribution in [0.4, 0.5) is 0 Å². The lowest BCUT2D eigenvalue weighted by Gasteiger charge is -2.05. The van der Waals surface area contributed by atoms with Crippen molar-refractivity contribution in [1.82, 2.24) is 9.97 Å². The molecule has 0 bridgehead atoms. The highest BCUT2D eigenvalue weighted by Crippen LogP contribution is 2.13. The molecule has 0 aliphatic rings. The van der Waals surface area contributed by atoms with E-state index >= 15 is 0 Å². The topological polar surface area (TPSA) is 58.8 Å². The summed E-state index contributed by atoms with van der Waals surface area (Å²) in [5.41, 5.74) is 0.982. The Balaban J connectivity index is 1.94. The fourth-order valence-corrected chi connectivity index (χ4v) is 1.35. The van der Waals surface area contributed by atoms with E-state index < -0.39 is 0 Å². The first-order valence-electron chi connectivity index (χ1n) is 5.23. The normalized spacial score (nSPS) is 9.59. The van der Waals surface area contributed by atoms with Gasteiger partial charge in [0, 0.05) is 12.4 Å². The summed E-state index contributed by atoms with van der Waals surface area (Å²) in [6.45, 7) is 0.346. The number of rotatable bonds is 4. The van der Waals surface area contributed by atoms with Gasteiger partial charge in [-0.1, -0.05) is 12.1 Å². The average Bonchev–Trinajstić information content (AvgIpc) is 2.40. The van der Waals surface area contributed by atoms with Gasteiger partial charge in [0.2, 0.25) is 0 Å². The summed E-state index contributed by atoms with van der Waals surface area (Å²) in [6.07, 6.45) is 3.78.